The Morgan fingerprint density at radius 3 is 2.90 bits per heavy atom. The maximum absolute atomic E-state index is 10.9. The minimum Gasteiger partial charge on any atom is -0.377 e. The Kier molecular flexibility index (Phi) is 3.03. The minimum atomic E-state index is -0.513. The average molecular weight is 291 g/mol. The van der Waals surface area contributed by atoms with E-state index in [0.29, 0.717) is 17.7 Å². The molecule has 0 spiro atoms. The smallest absolute Gasteiger partial charge is 0.300 e. The quantitative estimate of drug-likeness (QED) is 0.581. The first kappa shape index (κ1) is 12.5. The number of nitrogens with one attached hydrogen (secondary N) is 1. The molecule has 0 unspecified atom stereocenters. The van der Waals surface area contributed by atoms with Gasteiger partial charge in [0.1, 0.15) is 5.01 Å². The summed E-state index contributed by atoms with van der Waals surface area (Å²) in [6.07, 6.45) is 1.80. The predicted octanol–water partition coefficient (Wildman–Crippen LogP) is 2.51. The molecule has 1 aromatic carbocycles. The van der Waals surface area contributed by atoms with Crippen LogP contribution in [0.3, 0.4) is 0 Å². The van der Waals surface area contributed by atoms with E-state index in [4.69, 9.17) is 0 Å². The molecule has 9 heteroatoms. The highest BCUT2D eigenvalue weighted by atomic mass is 32.1. The summed E-state index contributed by atoms with van der Waals surface area (Å²) in [4.78, 5) is 15.7. The van der Waals surface area contributed by atoms with Gasteiger partial charge in [0.05, 0.1) is 17.2 Å². The Morgan fingerprint density at radius 2 is 2.20 bits per heavy atom. The van der Waals surface area contributed by atoms with Gasteiger partial charge in [-0.2, -0.15) is 0 Å². The highest BCUT2D eigenvalue weighted by molar-refractivity contribution is 7.11. The zero-order valence-corrected chi connectivity index (χ0v) is 11.2. The molecule has 3 aromatic rings. The van der Waals surface area contributed by atoms with E-state index in [2.05, 4.69) is 25.2 Å². The van der Waals surface area contributed by atoms with Crippen molar-refractivity contribution in [1.82, 2.24) is 15.3 Å². The molecule has 0 aliphatic rings. The van der Waals surface area contributed by atoms with Crippen molar-refractivity contribution in [3.63, 3.8) is 0 Å². The lowest BCUT2D eigenvalue weighted by Gasteiger charge is -2.03. The van der Waals surface area contributed by atoms with Crippen LogP contribution in [0.15, 0.2) is 23.0 Å². The predicted molar refractivity (Wildman–Crippen MR) is 72.6 cm³/mol. The minimum absolute atomic E-state index is 0.128. The van der Waals surface area contributed by atoms with Gasteiger partial charge in [0.25, 0.3) is 0 Å². The summed E-state index contributed by atoms with van der Waals surface area (Å²) >= 11 is 1.58. The number of benzene rings is 1. The number of thiazole rings is 1. The first-order chi connectivity index (χ1) is 9.65. The third-order valence-electron chi connectivity index (χ3n) is 2.69. The van der Waals surface area contributed by atoms with Gasteiger partial charge in [0, 0.05) is 17.1 Å². The number of fused-ring (bicyclic) bond motifs is 1. The molecule has 0 aliphatic heterocycles. The molecule has 0 aliphatic carbocycles. The molecule has 0 radical (unpaired) electrons. The maximum Gasteiger partial charge on any atom is 0.300 e. The van der Waals surface area contributed by atoms with Gasteiger partial charge in [0.15, 0.2) is 5.52 Å². The van der Waals surface area contributed by atoms with Crippen molar-refractivity contribution in [3.8, 4) is 0 Å². The second-order valence-corrected chi connectivity index (χ2v) is 5.39. The Bertz CT molecular complexity index is 781. The Labute approximate surface area is 116 Å². The number of nitrogens with zero attached hydrogens (tertiary/aromatic N) is 4. The highest BCUT2D eigenvalue weighted by Gasteiger charge is 2.19. The fourth-order valence-corrected chi connectivity index (χ4v) is 2.52. The zero-order chi connectivity index (χ0) is 14.1. The van der Waals surface area contributed by atoms with E-state index < -0.39 is 4.92 Å². The SMILES string of the molecule is Cc1cnc(CNc2ccc([N+](=O)[O-])c3nonc23)s1. The van der Waals surface area contributed by atoms with Gasteiger partial charge >= 0.3 is 5.69 Å². The first-order valence-corrected chi connectivity index (χ1v) is 6.51. The van der Waals surface area contributed by atoms with Gasteiger partial charge in [-0.25, -0.2) is 9.61 Å². The van der Waals surface area contributed by atoms with Crippen molar-refractivity contribution in [1.29, 1.82) is 0 Å². The van der Waals surface area contributed by atoms with Crippen molar-refractivity contribution in [2.24, 2.45) is 0 Å². The normalized spacial score (nSPS) is 10.8. The summed E-state index contributed by atoms with van der Waals surface area (Å²) < 4.78 is 4.60. The van der Waals surface area contributed by atoms with E-state index in [1.807, 2.05) is 6.92 Å². The Balaban J connectivity index is 1.90. The number of anilines is 1. The van der Waals surface area contributed by atoms with Gasteiger partial charge in [-0.05, 0) is 23.3 Å². The van der Waals surface area contributed by atoms with E-state index in [1.54, 1.807) is 23.6 Å². The van der Waals surface area contributed by atoms with Crippen LogP contribution in [0.4, 0.5) is 11.4 Å². The molecule has 8 nitrogen and oxygen atoms in total. The Morgan fingerprint density at radius 1 is 1.40 bits per heavy atom. The highest BCUT2D eigenvalue weighted by Crippen LogP contribution is 2.29. The summed E-state index contributed by atoms with van der Waals surface area (Å²) in [5.74, 6) is 0. The van der Waals surface area contributed by atoms with E-state index in [0.717, 1.165) is 9.88 Å². The van der Waals surface area contributed by atoms with Crippen LogP contribution in [0.1, 0.15) is 9.88 Å². The second kappa shape index (κ2) is 4.85. The lowest BCUT2D eigenvalue weighted by molar-refractivity contribution is -0.383. The van der Waals surface area contributed by atoms with Gasteiger partial charge in [0.2, 0.25) is 5.52 Å². The molecule has 2 aromatic heterocycles. The molecule has 20 heavy (non-hydrogen) atoms. The van der Waals surface area contributed by atoms with Gasteiger partial charge in [-0.15, -0.1) is 11.3 Å². The van der Waals surface area contributed by atoms with Crippen molar-refractivity contribution in [2.75, 3.05) is 5.32 Å². The number of aryl methyl sites for hydroxylation is 1. The average Bonchev–Trinajstić information content (AvgIpc) is 3.04. The number of rotatable bonds is 4. The fourth-order valence-electron chi connectivity index (χ4n) is 1.80. The van der Waals surface area contributed by atoms with Crippen LogP contribution in [0.5, 0.6) is 0 Å². The standard InChI is InChI=1S/C11H9N5O3S/c1-6-4-13-9(20-6)5-12-7-2-3-8(16(17)18)11-10(7)14-19-15-11/h2-4,12H,5H2,1H3. The number of hydrogen-bond acceptors (Lipinski definition) is 8. The van der Waals surface area contributed by atoms with Crippen molar-refractivity contribution >= 4 is 33.7 Å². The lowest BCUT2D eigenvalue weighted by Crippen LogP contribution is -2.00. The first-order valence-electron chi connectivity index (χ1n) is 5.70. The largest absolute Gasteiger partial charge is 0.377 e. The molecule has 1 N–H and O–H groups in total. The molecule has 0 fully saturated rings. The molecule has 2 heterocycles. The van der Waals surface area contributed by atoms with Crippen LogP contribution in [-0.2, 0) is 6.54 Å². The van der Waals surface area contributed by atoms with Crippen molar-refractivity contribution in [2.45, 2.75) is 13.5 Å². The van der Waals surface area contributed by atoms with Crippen LogP contribution in [-0.4, -0.2) is 20.2 Å². The number of non-ortho nitro benzene ring substituents is 1. The Hall–Kier alpha value is -2.55. The summed E-state index contributed by atoms with van der Waals surface area (Å²) in [6.45, 7) is 2.49. The van der Waals surface area contributed by atoms with Crippen LogP contribution in [0.25, 0.3) is 11.0 Å². The fraction of sp³-hybridized carbons (Fsp3) is 0.182. The summed E-state index contributed by atoms with van der Waals surface area (Å²) in [7, 11) is 0. The molecular weight excluding hydrogens is 282 g/mol. The van der Waals surface area contributed by atoms with Crippen LogP contribution < -0.4 is 5.32 Å². The van der Waals surface area contributed by atoms with Crippen molar-refractivity contribution in [3.05, 3.63) is 38.3 Å². The van der Waals surface area contributed by atoms with Crippen molar-refractivity contribution < 1.29 is 9.55 Å². The van der Waals surface area contributed by atoms with E-state index >= 15 is 0 Å². The zero-order valence-electron chi connectivity index (χ0n) is 10.4. The van der Waals surface area contributed by atoms with Gasteiger partial charge in [-0.1, -0.05) is 0 Å². The molecule has 0 amide bonds. The number of hydrogen-bond donors (Lipinski definition) is 1. The van der Waals surface area contributed by atoms with Crippen LogP contribution in [0.2, 0.25) is 0 Å². The molecule has 102 valence electrons. The van der Waals surface area contributed by atoms with Gasteiger partial charge < -0.3 is 5.32 Å². The molecule has 0 saturated heterocycles. The third kappa shape index (κ3) is 2.18. The molecule has 0 saturated carbocycles. The monoisotopic (exact) mass is 291 g/mol. The second-order valence-electron chi connectivity index (χ2n) is 4.07. The molecular formula is C11H9N5O3S. The molecule has 3 rings (SSSR count). The number of aromatic nitrogens is 3. The lowest BCUT2D eigenvalue weighted by atomic mass is 10.2. The van der Waals surface area contributed by atoms with Gasteiger partial charge in [-0.3, -0.25) is 10.1 Å². The summed E-state index contributed by atoms with van der Waals surface area (Å²) in [6, 6.07) is 2.97. The summed E-state index contributed by atoms with van der Waals surface area (Å²) in [5.41, 5.74) is 0.972. The van der Waals surface area contributed by atoms with E-state index in [1.165, 1.54) is 6.07 Å². The molecule has 0 atom stereocenters. The van der Waals surface area contributed by atoms with Crippen LogP contribution in [0, 0.1) is 17.0 Å². The third-order valence-corrected chi connectivity index (χ3v) is 3.60. The van der Waals surface area contributed by atoms with E-state index in [-0.39, 0.29) is 11.2 Å². The maximum atomic E-state index is 10.9. The molecule has 0 bridgehead atoms. The van der Waals surface area contributed by atoms with E-state index in [9.17, 15) is 10.1 Å². The number of nitro groups is 1. The number of nitro benzene ring substituents is 1. The van der Waals surface area contributed by atoms with Crippen LogP contribution >= 0.6 is 11.3 Å². The topological polar surface area (TPSA) is 107 Å². The summed E-state index contributed by atoms with van der Waals surface area (Å²) in [5, 5.41) is 22.2.